The molecule has 1 fully saturated rings. The van der Waals surface area contributed by atoms with Crippen LogP contribution in [-0.4, -0.2) is 22.7 Å². The number of aromatic nitrogens is 2. The number of nitrogens with zero attached hydrogens (tertiary/aromatic N) is 2. The van der Waals surface area contributed by atoms with Gasteiger partial charge in [-0.2, -0.15) is 5.10 Å². The van der Waals surface area contributed by atoms with Gasteiger partial charge in [0.2, 0.25) is 5.91 Å². The third-order valence-electron chi connectivity index (χ3n) is 4.35. The lowest BCUT2D eigenvalue weighted by Crippen LogP contribution is -2.32. The first-order valence-corrected chi connectivity index (χ1v) is 8.33. The van der Waals surface area contributed by atoms with Crippen LogP contribution in [0.25, 0.3) is 10.8 Å². The highest BCUT2D eigenvalue weighted by Crippen LogP contribution is 2.25. The molecular weight excluding hydrogens is 304 g/mol. The summed E-state index contributed by atoms with van der Waals surface area (Å²) in [5.41, 5.74) is 1.53. The Balaban J connectivity index is 2.13. The van der Waals surface area contributed by atoms with Crippen molar-refractivity contribution in [2.45, 2.75) is 38.6 Å². The van der Waals surface area contributed by atoms with Crippen LogP contribution in [0.5, 0.6) is 0 Å². The SMILES string of the molecule is CCC=C1NC(=O)CCCC1n1ncc2ccc(NC)cc2c1=O. The number of carbonyl (C=O) groups is 1. The molecule has 0 saturated carbocycles. The first-order valence-electron chi connectivity index (χ1n) is 8.33. The monoisotopic (exact) mass is 326 g/mol. The van der Waals surface area contributed by atoms with E-state index in [1.54, 1.807) is 6.20 Å². The fraction of sp³-hybridized carbons (Fsp3) is 0.389. The molecule has 3 rings (SSSR count). The van der Waals surface area contributed by atoms with Crippen molar-refractivity contribution in [1.82, 2.24) is 15.1 Å². The molecule has 1 aliphatic heterocycles. The van der Waals surface area contributed by atoms with Crippen molar-refractivity contribution in [3.8, 4) is 0 Å². The van der Waals surface area contributed by atoms with Gasteiger partial charge in [-0.3, -0.25) is 9.59 Å². The Kier molecular flexibility index (Phi) is 4.64. The van der Waals surface area contributed by atoms with Crippen molar-refractivity contribution in [3.05, 3.63) is 46.5 Å². The predicted octanol–water partition coefficient (Wildman–Crippen LogP) is 2.57. The van der Waals surface area contributed by atoms with E-state index in [9.17, 15) is 9.59 Å². The van der Waals surface area contributed by atoms with Crippen molar-refractivity contribution in [2.75, 3.05) is 12.4 Å². The zero-order valence-electron chi connectivity index (χ0n) is 14.0. The van der Waals surface area contributed by atoms with E-state index in [2.05, 4.69) is 15.7 Å². The molecule has 1 atom stereocenters. The molecule has 1 unspecified atom stereocenters. The molecule has 0 spiro atoms. The first kappa shape index (κ1) is 16.2. The van der Waals surface area contributed by atoms with Gasteiger partial charge >= 0.3 is 0 Å². The standard InChI is InChI=1S/C18H22N4O2/c1-3-5-15-16(6-4-7-17(23)21-15)22-18(24)14-10-13(19-2)9-8-12(14)11-20-22/h5,8-11,16,19H,3-4,6-7H2,1-2H3,(H,21,23). The van der Waals surface area contributed by atoms with Gasteiger partial charge in [0.25, 0.3) is 5.56 Å². The van der Waals surface area contributed by atoms with Crippen LogP contribution in [-0.2, 0) is 4.79 Å². The van der Waals surface area contributed by atoms with Gasteiger partial charge in [0.05, 0.1) is 17.6 Å². The Hall–Kier alpha value is -2.63. The van der Waals surface area contributed by atoms with E-state index in [0.29, 0.717) is 18.2 Å². The topological polar surface area (TPSA) is 76.0 Å². The second-order valence-electron chi connectivity index (χ2n) is 5.97. The van der Waals surface area contributed by atoms with Crippen LogP contribution in [0.3, 0.4) is 0 Å². The third-order valence-corrected chi connectivity index (χ3v) is 4.35. The number of rotatable bonds is 3. The Labute approximate surface area is 140 Å². The second kappa shape index (κ2) is 6.86. The molecule has 2 aromatic rings. The number of allylic oxidation sites excluding steroid dienone is 2. The van der Waals surface area contributed by atoms with Gasteiger partial charge in [0.15, 0.2) is 0 Å². The number of hydrogen-bond acceptors (Lipinski definition) is 4. The van der Waals surface area contributed by atoms with Gasteiger partial charge < -0.3 is 10.6 Å². The lowest BCUT2D eigenvalue weighted by molar-refractivity contribution is -0.120. The fourth-order valence-corrected chi connectivity index (χ4v) is 3.11. The van der Waals surface area contributed by atoms with Gasteiger partial charge in [-0.15, -0.1) is 0 Å². The van der Waals surface area contributed by atoms with E-state index in [1.807, 2.05) is 38.2 Å². The summed E-state index contributed by atoms with van der Waals surface area (Å²) in [5.74, 6) is 0.00325. The third kappa shape index (κ3) is 3.04. The molecular formula is C18H22N4O2. The van der Waals surface area contributed by atoms with Crippen LogP contribution in [0, 0.1) is 0 Å². The Bertz CT molecular complexity index is 854. The summed E-state index contributed by atoms with van der Waals surface area (Å²) >= 11 is 0. The molecule has 1 aromatic carbocycles. The summed E-state index contributed by atoms with van der Waals surface area (Å²) in [6, 6.07) is 5.42. The minimum absolute atomic E-state index is 0.00325. The summed E-state index contributed by atoms with van der Waals surface area (Å²) in [4.78, 5) is 24.8. The summed E-state index contributed by atoms with van der Waals surface area (Å²) < 4.78 is 1.51. The quantitative estimate of drug-likeness (QED) is 0.909. The second-order valence-corrected chi connectivity index (χ2v) is 5.97. The normalized spacial score (nSPS) is 20.0. The highest BCUT2D eigenvalue weighted by Gasteiger charge is 2.24. The number of hydrogen-bond donors (Lipinski definition) is 2. The molecule has 1 aromatic heterocycles. The largest absolute Gasteiger partial charge is 0.388 e. The lowest BCUT2D eigenvalue weighted by Gasteiger charge is -2.20. The molecule has 2 N–H and O–H groups in total. The van der Waals surface area contributed by atoms with Crippen molar-refractivity contribution in [3.63, 3.8) is 0 Å². The average Bonchev–Trinajstić information content (AvgIpc) is 2.77. The molecule has 24 heavy (non-hydrogen) atoms. The molecule has 126 valence electrons. The van der Waals surface area contributed by atoms with E-state index in [4.69, 9.17) is 0 Å². The highest BCUT2D eigenvalue weighted by molar-refractivity contribution is 5.84. The molecule has 1 saturated heterocycles. The van der Waals surface area contributed by atoms with Gasteiger partial charge in [-0.25, -0.2) is 4.68 Å². The predicted molar refractivity (Wildman–Crippen MR) is 95.0 cm³/mol. The minimum atomic E-state index is -0.230. The van der Waals surface area contributed by atoms with Gasteiger partial charge in [-0.05, 0) is 31.4 Å². The zero-order chi connectivity index (χ0) is 17.1. The van der Waals surface area contributed by atoms with Crippen molar-refractivity contribution < 1.29 is 4.79 Å². The van der Waals surface area contributed by atoms with Crippen LogP contribution >= 0.6 is 0 Å². The number of fused-ring (bicyclic) bond motifs is 1. The lowest BCUT2D eigenvalue weighted by atomic mass is 10.1. The summed E-state index contributed by atoms with van der Waals surface area (Å²) in [7, 11) is 1.82. The van der Waals surface area contributed by atoms with Crippen molar-refractivity contribution in [1.29, 1.82) is 0 Å². The van der Waals surface area contributed by atoms with E-state index in [1.165, 1.54) is 4.68 Å². The van der Waals surface area contributed by atoms with Crippen LogP contribution in [0.1, 0.15) is 38.6 Å². The molecule has 0 aliphatic carbocycles. The minimum Gasteiger partial charge on any atom is -0.388 e. The number of anilines is 1. The Morgan fingerprint density at radius 3 is 3.00 bits per heavy atom. The molecule has 2 heterocycles. The molecule has 6 nitrogen and oxygen atoms in total. The number of carbonyl (C=O) groups excluding carboxylic acids is 1. The highest BCUT2D eigenvalue weighted by atomic mass is 16.2. The fourth-order valence-electron chi connectivity index (χ4n) is 3.11. The van der Waals surface area contributed by atoms with Crippen molar-refractivity contribution in [2.24, 2.45) is 0 Å². The summed E-state index contributed by atoms with van der Waals surface area (Å²) in [6.45, 7) is 2.01. The number of amides is 1. The maximum atomic E-state index is 13.0. The van der Waals surface area contributed by atoms with E-state index in [0.717, 1.165) is 29.6 Å². The van der Waals surface area contributed by atoms with Crippen LogP contribution in [0.2, 0.25) is 0 Å². The summed E-state index contributed by atoms with van der Waals surface area (Å²) in [5, 5.41) is 11.8. The maximum Gasteiger partial charge on any atom is 0.275 e. The molecule has 0 radical (unpaired) electrons. The smallest absolute Gasteiger partial charge is 0.275 e. The Morgan fingerprint density at radius 1 is 1.42 bits per heavy atom. The first-order chi connectivity index (χ1) is 11.6. The van der Waals surface area contributed by atoms with Crippen LogP contribution in [0.15, 0.2) is 41.0 Å². The van der Waals surface area contributed by atoms with Gasteiger partial charge in [0.1, 0.15) is 0 Å². The van der Waals surface area contributed by atoms with Gasteiger partial charge in [0, 0.05) is 30.2 Å². The van der Waals surface area contributed by atoms with Crippen LogP contribution < -0.4 is 16.2 Å². The van der Waals surface area contributed by atoms with Crippen molar-refractivity contribution >= 4 is 22.4 Å². The Morgan fingerprint density at radius 2 is 2.25 bits per heavy atom. The summed E-state index contributed by atoms with van der Waals surface area (Å²) in [6.07, 6.45) is 6.40. The molecule has 1 aliphatic rings. The zero-order valence-corrected chi connectivity index (χ0v) is 14.0. The molecule has 6 heteroatoms. The maximum absolute atomic E-state index is 13.0. The average molecular weight is 326 g/mol. The number of nitrogens with one attached hydrogen (secondary N) is 2. The van der Waals surface area contributed by atoms with Gasteiger partial charge in [-0.1, -0.05) is 19.1 Å². The molecule has 1 amide bonds. The van der Waals surface area contributed by atoms with E-state index >= 15 is 0 Å². The van der Waals surface area contributed by atoms with E-state index < -0.39 is 0 Å². The number of benzene rings is 1. The molecule has 0 bridgehead atoms. The van der Waals surface area contributed by atoms with Crippen LogP contribution in [0.4, 0.5) is 5.69 Å². The van der Waals surface area contributed by atoms with E-state index in [-0.39, 0.29) is 17.5 Å².